The van der Waals surface area contributed by atoms with Gasteiger partial charge in [0.15, 0.2) is 0 Å². The largest absolute Gasteiger partial charge is 0.353 e. The summed E-state index contributed by atoms with van der Waals surface area (Å²) in [5, 5.41) is 3.65. The third kappa shape index (κ3) is 3.31. The lowest BCUT2D eigenvalue weighted by Crippen LogP contribution is -2.21. The summed E-state index contributed by atoms with van der Waals surface area (Å²) in [5.41, 5.74) is 1.15. The first-order valence-electron chi connectivity index (χ1n) is 8.04. The molecular weight excluding hydrogens is 234 g/mol. The highest BCUT2D eigenvalue weighted by atomic mass is 15.2. The van der Waals surface area contributed by atoms with Crippen LogP contribution in [0.4, 0.5) is 5.95 Å². The normalized spacial score (nSPS) is 22.4. The Morgan fingerprint density at radius 1 is 1.26 bits per heavy atom. The third-order valence-electron chi connectivity index (χ3n) is 4.58. The number of hydrogen-bond donors (Lipinski definition) is 1. The summed E-state index contributed by atoms with van der Waals surface area (Å²) in [6, 6.07) is 1.22. The number of anilines is 1. The smallest absolute Gasteiger partial charge is 0.203 e. The summed E-state index contributed by atoms with van der Waals surface area (Å²) in [6.45, 7) is 4.41. The Morgan fingerprint density at radius 2 is 2.00 bits per heavy atom. The number of rotatable bonds is 5. The van der Waals surface area contributed by atoms with E-state index in [2.05, 4.69) is 29.9 Å². The first kappa shape index (κ1) is 13.0. The molecule has 2 aliphatic carbocycles. The minimum absolute atomic E-state index is 0.552. The first-order chi connectivity index (χ1) is 9.22. The summed E-state index contributed by atoms with van der Waals surface area (Å²) < 4.78 is 2.41. The quantitative estimate of drug-likeness (QED) is 0.856. The van der Waals surface area contributed by atoms with Crippen molar-refractivity contribution in [3.8, 4) is 0 Å². The molecule has 2 aliphatic rings. The number of nitrogens with one attached hydrogen (secondary N) is 1. The van der Waals surface area contributed by atoms with Crippen LogP contribution in [-0.2, 0) is 0 Å². The summed E-state index contributed by atoms with van der Waals surface area (Å²) in [4.78, 5) is 4.71. The third-order valence-corrected chi connectivity index (χ3v) is 4.58. The maximum Gasteiger partial charge on any atom is 0.203 e. The second kappa shape index (κ2) is 5.56. The molecule has 1 unspecified atom stereocenters. The van der Waals surface area contributed by atoms with Gasteiger partial charge in [0.25, 0.3) is 0 Å². The molecule has 3 rings (SSSR count). The molecule has 0 radical (unpaired) electrons. The Kier molecular flexibility index (Phi) is 3.81. The topological polar surface area (TPSA) is 29.9 Å². The number of nitrogens with zero attached hydrogens (tertiary/aromatic N) is 2. The molecule has 106 valence electrons. The molecule has 1 N–H and O–H groups in total. The molecule has 0 saturated heterocycles. The van der Waals surface area contributed by atoms with Crippen molar-refractivity contribution in [1.29, 1.82) is 0 Å². The Bertz CT molecular complexity index is 414. The molecule has 0 bridgehead atoms. The van der Waals surface area contributed by atoms with Gasteiger partial charge in [-0.2, -0.15) is 0 Å². The number of imidazole rings is 1. The van der Waals surface area contributed by atoms with E-state index in [1.54, 1.807) is 0 Å². The van der Waals surface area contributed by atoms with E-state index in [4.69, 9.17) is 4.98 Å². The van der Waals surface area contributed by atoms with Crippen molar-refractivity contribution in [2.24, 2.45) is 5.92 Å². The van der Waals surface area contributed by atoms with Gasteiger partial charge < -0.3 is 9.88 Å². The fourth-order valence-corrected chi connectivity index (χ4v) is 3.39. The van der Waals surface area contributed by atoms with Crippen molar-refractivity contribution in [2.75, 3.05) is 5.32 Å². The standard InChI is InChI=1S/C16H27N3/c1-12(10-14-8-9-14)17-16-18-13(2)11-19(16)15-6-4-3-5-7-15/h11-12,14-15H,3-10H2,1-2H3,(H,17,18). The van der Waals surface area contributed by atoms with E-state index < -0.39 is 0 Å². The van der Waals surface area contributed by atoms with Gasteiger partial charge in [-0.05, 0) is 39.0 Å². The zero-order valence-corrected chi connectivity index (χ0v) is 12.4. The van der Waals surface area contributed by atoms with Crippen LogP contribution >= 0.6 is 0 Å². The van der Waals surface area contributed by atoms with Crippen LogP contribution in [0.3, 0.4) is 0 Å². The predicted molar refractivity (Wildman–Crippen MR) is 79.5 cm³/mol. The Labute approximate surface area is 116 Å². The minimum Gasteiger partial charge on any atom is -0.353 e. The maximum absolute atomic E-state index is 4.71. The van der Waals surface area contributed by atoms with Gasteiger partial charge in [0.05, 0.1) is 5.69 Å². The highest BCUT2D eigenvalue weighted by Gasteiger charge is 2.25. The number of hydrogen-bond acceptors (Lipinski definition) is 2. The van der Waals surface area contributed by atoms with Crippen molar-refractivity contribution >= 4 is 5.95 Å². The molecule has 2 fully saturated rings. The van der Waals surface area contributed by atoms with Crippen molar-refractivity contribution in [3.63, 3.8) is 0 Å². The molecule has 0 spiro atoms. The molecule has 0 amide bonds. The monoisotopic (exact) mass is 261 g/mol. The van der Waals surface area contributed by atoms with E-state index in [0.717, 1.165) is 17.6 Å². The highest BCUT2D eigenvalue weighted by molar-refractivity contribution is 5.31. The van der Waals surface area contributed by atoms with Crippen LogP contribution in [0.1, 0.15) is 70.0 Å². The average molecular weight is 261 g/mol. The van der Waals surface area contributed by atoms with E-state index in [-0.39, 0.29) is 0 Å². The molecule has 3 heteroatoms. The van der Waals surface area contributed by atoms with Crippen LogP contribution in [0.2, 0.25) is 0 Å². The minimum atomic E-state index is 0.552. The molecule has 1 atom stereocenters. The molecule has 1 aromatic rings. The van der Waals surface area contributed by atoms with Crippen LogP contribution in [-0.4, -0.2) is 15.6 Å². The van der Waals surface area contributed by atoms with Gasteiger partial charge in [0.1, 0.15) is 0 Å². The molecule has 3 nitrogen and oxygen atoms in total. The van der Waals surface area contributed by atoms with Crippen LogP contribution in [0.15, 0.2) is 6.20 Å². The molecule has 19 heavy (non-hydrogen) atoms. The second-order valence-electron chi connectivity index (χ2n) is 6.63. The zero-order valence-electron chi connectivity index (χ0n) is 12.4. The SMILES string of the molecule is Cc1cn(C2CCCCC2)c(NC(C)CC2CC2)n1. The van der Waals surface area contributed by atoms with E-state index >= 15 is 0 Å². The molecule has 2 saturated carbocycles. The highest BCUT2D eigenvalue weighted by Crippen LogP contribution is 2.35. The lowest BCUT2D eigenvalue weighted by Gasteiger charge is -2.26. The Balaban J connectivity index is 1.68. The lowest BCUT2D eigenvalue weighted by molar-refractivity contribution is 0.355. The lowest BCUT2D eigenvalue weighted by atomic mass is 9.95. The van der Waals surface area contributed by atoms with E-state index in [9.17, 15) is 0 Å². The van der Waals surface area contributed by atoms with Gasteiger partial charge in [-0.3, -0.25) is 0 Å². The molecular formula is C16H27N3. The van der Waals surface area contributed by atoms with Gasteiger partial charge in [-0.15, -0.1) is 0 Å². The van der Waals surface area contributed by atoms with Gasteiger partial charge in [0.2, 0.25) is 5.95 Å². The number of aromatic nitrogens is 2. The van der Waals surface area contributed by atoms with Crippen molar-refractivity contribution < 1.29 is 0 Å². The van der Waals surface area contributed by atoms with Crippen LogP contribution < -0.4 is 5.32 Å². The van der Waals surface area contributed by atoms with Crippen LogP contribution in [0.5, 0.6) is 0 Å². The van der Waals surface area contributed by atoms with Gasteiger partial charge >= 0.3 is 0 Å². The van der Waals surface area contributed by atoms with Gasteiger partial charge in [-0.25, -0.2) is 4.98 Å². The van der Waals surface area contributed by atoms with Crippen LogP contribution in [0.25, 0.3) is 0 Å². The average Bonchev–Trinajstić information content (AvgIpc) is 3.13. The van der Waals surface area contributed by atoms with E-state index in [1.165, 1.54) is 51.4 Å². The predicted octanol–water partition coefficient (Wildman–Crippen LogP) is 4.30. The molecule has 1 heterocycles. The first-order valence-corrected chi connectivity index (χ1v) is 8.04. The zero-order chi connectivity index (χ0) is 13.2. The van der Waals surface area contributed by atoms with E-state index in [1.807, 2.05) is 0 Å². The van der Waals surface area contributed by atoms with Gasteiger partial charge in [-0.1, -0.05) is 32.1 Å². The number of aryl methyl sites for hydroxylation is 1. The fraction of sp³-hybridized carbons (Fsp3) is 0.812. The summed E-state index contributed by atoms with van der Waals surface area (Å²) in [6.07, 6.45) is 13.2. The summed E-state index contributed by atoms with van der Waals surface area (Å²) in [7, 11) is 0. The summed E-state index contributed by atoms with van der Waals surface area (Å²) in [5.74, 6) is 2.08. The molecule has 1 aromatic heterocycles. The Hall–Kier alpha value is -0.990. The van der Waals surface area contributed by atoms with Gasteiger partial charge in [0, 0.05) is 18.3 Å². The van der Waals surface area contributed by atoms with Crippen LogP contribution in [0, 0.1) is 12.8 Å². The summed E-state index contributed by atoms with van der Waals surface area (Å²) >= 11 is 0. The molecule has 0 aliphatic heterocycles. The van der Waals surface area contributed by atoms with Crippen molar-refractivity contribution in [2.45, 2.75) is 77.3 Å². The van der Waals surface area contributed by atoms with E-state index in [0.29, 0.717) is 12.1 Å². The maximum atomic E-state index is 4.71. The molecule has 0 aromatic carbocycles. The van der Waals surface area contributed by atoms with Crippen molar-refractivity contribution in [1.82, 2.24) is 9.55 Å². The Morgan fingerprint density at radius 3 is 2.68 bits per heavy atom. The second-order valence-corrected chi connectivity index (χ2v) is 6.63. The van der Waals surface area contributed by atoms with Crippen molar-refractivity contribution in [3.05, 3.63) is 11.9 Å². The fourth-order valence-electron chi connectivity index (χ4n) is 3.39.